The summed E-state index contributed by atoms with van der Waals surface area (Å²) in [5, 5.41) is 2.21. The van der Waals surface area contributed by atoms with Crippen LogP contribution in [0.5, 0.6) is 0 Å². The number of carbonyl (C=O) groups is 1. The molecule has 1 aliphatic heterocycles. The number of nitrogens with two attached hydrogens (primary N) is 1. The monoisotopic (exact) mass is 406 g/mol. The largest absolute Gasteiger partial charge is 0.369 e. The van der Waals surface area contributed by atoms with Crippen LogP contribution in [0.25, 0.3) is 10.2 Å². The molecule has 2 aliphatic rings. The number of fused-ring (bicyclic) bond motifs is 1. The fourth-order valence-corrected chi connectivity index (χ4v) is 5.47. The molecule has 5 rings (SSSR count). The third-order valence-corrected chi connectivity index (χ3v) is 6.96. The molecule has 0 spiro atoms. The van der Waals surface area contributed by atoms with Gasteiger partial charge >= 0.3 is 0 Å². The molecule has 4 heterocycles. The molecule has 1 saturated heterocycles. The molecule has 0 unspecified atom stereocenters. The molecule has 3 aromatic heterocycles. The Morgan fingerprint density at radius 3 is 2.93 bits per heavy atom. The van der Waals surface area contributed by atoms with Crippen LogP contribution < -0.4 is 10.6 Å². The number of aromatic nitrogens is 2. The summed E-state index contributed by atoms with van der Waals surface area (Å²) in [6.45, 7) is 4.01. The molecule has 5 nitrogen and oxygen atoms in total. The van der Waals surface area contributed by atoms with Gasteiger partial charge in [0.25, 0.3) is 0 Å². The van der Waals surface area contributed by atoms with Gasteiger partial charge in [-0.2, -0.15) is 0 Å². The molecule has 0 amide bonds. The smallest absolute Gasteiger partial charge is 0.185 e. The molecule has 6 heteroatoms. The molecule has 150 valence electrons. The molecule has 2 fully saturated rings. The van der Waals surface area contributed by atoms with Gasteiger partial charge in [-0.3, -0.25) is 9.78 Å². The SMILES string of the molecule is C[C@@H]1C[C@H](N)CN(c2ccncc2CC(=O)c2ccc3scc(C4CC4)c3n2)C1. The second-order valence-corrected chi connectivity index (χ2v) is 9.53. The zero-order valence-electron chi connectivity index (χ0n) is 16.7. The van der Waals surface area contributed by atoms with Gasteiger partial charge in [0.2, 0.25) is 0 Å². The van der Waals surface area contributed by atoms with Gasteiger partial charge in [0.1, 0.15) is 5.69 Å². The van der Waals surface area contributed by atoms with Crippen molar-refractivity contribution in [2.75, 3.05) is 18.0 Å². The van der Waals surface area contributed by atoms with E-state index in [1.807, 2.05) is 24.4 Å². The summed E-state index contributed by atoms with van der Waals surface area (Å²) in [5.41, 5.74) is 11.2. The van der Waals surface area contributed by atoms with Crippen LogP contribution >= 0.6 is 11.3 Å². The summed E-state index contributed by atoms with van der Waals surface area (Å²) in [7, 11) is 0. The Hall–Kier alpha value is -2.31. The van der Waals surface area contributed by atoms with E-state index in [1.54, 1.807) is 17.5 Å². The lowest BCUT2D eigenvalue weighted by Gasteiger charge is -2.37. The molecule has 0 bridgehead atoms. The minimum atomic E-state index is 0.0449. The van der Waals surface area contributed by atoms with Crippen LogP contribution in [0.4, 0.5) is 5.69 Å². The van der Waals surface area contributed by atoms with E-state index in [2.05, 4.69) is 22.2 Å². The van der Waals surface area contributed by atoms with Crippen molar-refractivity contribution in [1.29, 1.82) is 0 Å². The Bertz CT molecular complexity index is 1050. The number of hydrogen-bond donors (Lipinski definition) is 1. The van der Waals surface area contributed by atoms with Gasteiger partial charge in [0.05, 0.1) is 10.2 Å². The number of nitrogens with zero attached hydrogens (tertiary/aromatic N) is 3. The van der Waals surface area contributed by atoms with Gasteiger partial charge in [-0.05, 0) is 60.2 Å². The average Bonchev–Trinajstić information content (AvgIpc) is 3.46. The highest BCUT2D eigenvalue weighted by atomic mass is 32.1. The summed E-state index contributed by atoms with van der Waals surface area (Å²) in [6.07, 6.45) is 7.44. The van der Waals surface area contributed by atoms with Gasteiger partial charge in [-0.25, -0.2) is 4.98 Å². The predicted molar refractivity (Wildman–Crippen MR) is 118 cm³/mol. The van der Waals surface area contributed by atoms with Crippen molar-refractivity contribution in [2.45, 2.75) is 44.6 Å². The first kappa shape index (κ1) is 18.7. The highest BCUT2D eigenvalue weighted by molar-refractivity contribution is 7.17. The third kappa shape index (κ3) is 3.79. The average molecular weight is 407 g/mol. The van der Waals surface area contributed by atoms with Crippen molar-refractivity contribution in [1.82, 2.24) is 9.97 Å². The first-order chi connectivity index (χ1) is 14.1. The molecule has 1 aliphatic carbocycles. The van der Waals surface area contributed by atoms with Crippen LogP contribution in [0.3, 0.4) is 0 Å². The minimum Gasteiger partial charge on any atom is -0.369 e. The molecule has 0 radical (unpaired) electrons. The minimum absolute atomic E-state index is 0.0449. The van der Waals surface area contributed by atoms with Crippen molar-refractivity contribution in [3.8, 4) is 0 Å². The van der Waals surface area contributed by atoms with Gasteiger partial charge in [-0.1, -0.05) is 6.92 Å². The highest BCUT2D eigenvalue weighted by Gasteiger charge is 2.28. The second kappa shape index (κ2) is 7.50. The maximum atomic E-state index is 13.1. The van der Waals surface area contributed by atoms with Crippen LogP contribution in [0.15, 0.2) is 36.0 Å². The van der Waals surface area contributed by atoms with E-state index in [1.165, 1.54) is 23.1 Å². The Balaban J connectivity index is 1.41. The lowest BCUT2D eigenvalue weighted by atomic mass is 9.95. The molecule has 2 N–H and O–H groups in total. The van der Waals surface area contributed by atoms with E-state index < -0.39 is 0 Å². The summed E-state index contributed by atoms with van der Waals surface area (Å²) < 4.78 is 1.17. The van der Waals surface area contributed by atoms with E-state index in [0.29, 0.717) is 24.0 Å². The van der Waals surface area contributed by atoms with Crippen LogP contribution in [0.2, 0.25) is 0 Å². The number of piperidine rings is 1. The quantitative estimate of drug-likeness (QED) is 0.644. The van der Waals surface area contributed by atoms with E-state index in [4.69, 9.17) is 10.7 Å². The first-order valence-corrected chi connectivity index (χ1v) is 11.3. The summed E-state index contributed by atoms with van der Waals surface area (Å²) in [6, 6.07) is 6.08. The normalized spacial score (nSPS) is 22.2. The van der Waals surface area contributed by atoms with Gasteiger partial charge in [0.15, 0.2) is 5.78 Å². The van der Waals surface area contributed by atoms with E-state index >= 15 is 0 Å². The van der Waals surface area contributed by atoms with Crippen molar-refractivity contribution in [2.24, 2.45) is 11.7 Å². The van der Waals surface area contributed by atoms with Gasteiger partial charge in [-0.15, -0.1) is 11.3 Å². The number of thiophene rings is 1. The van der Waals surface area contributed by atoms with Crippen molar-refractivity contribution < 1.29 is 4.79 Å². The zero-order chi connectivity index (χ0) is 20.0. The number of rotatable bonds is 5. The number of Topliss-reactive ketones (excluding diaryl/α,β-unsaturated/α-hetero) is 1. The Morgan fingerprint density at radius 1 is 1.28 bits per heavy atom. The highest BCUT2D eigenvalue weighted by Crippen LogP contribution is 2.44. The lowest BCUT2D eigenvalue weighted by molar-refractivity contribution is 0.0988. The summed E-state index contributed by atoms with van der Waals surface area (Å²) >= 11 is 1.73. The van der Waals surface area contributed by atoms with Crippen molar-refractivity contribution >= 4 is 33.0 Å². The fraction of sp³-hybridized carbons (Fsp3) is 0.435. The topological polar surface area (TPSA) is 72.1 Å². The van der Waals surface area contributed by atoms with Crippen LogP contribution in [0.1, 0.15) is 53.7 Å². The first-order valence-electron chi connectivity index (χ1n) is 10.4. The number of ketones is 1. The Labute approximate surface area is 175 Å². The lowest BCUT2D eigenvalue weighted by Crippen LogP contribution is -2.46. The molecule has 1 saturated carbocycles. The van der Waals surface area contributed by atoms with Crippen LogP contribution in [-0.2, 0) is 6.42 Å². The van der Waals surface area contributed by atoms with Crippen molar-refractivity contribution in [3.05, 3.63) is 52.8 Å². The van der Waals surface area contributed by atoms with E-state index in [0.717, 1.165) is 36.3 Å². The molecule has 3 aromatic rings. The maximum absolute atomic E-state index is 13.1. The molecule has 0 aromatic carbocycles. The van der Waals surface area contributed by atoms with E-state index in [9.17, 15) is 4.79 Å². The van der Waals surface area contributed by atoms with Gasteiger partial charge < -0.3 is 10.6 Å². The number of pyridine rings is 2. The maximum Gasteiger partial charge on any atom is 0.185 e. The predicted octanol–water partition coefficient (Wildman–Crippen LogP) is 4.17. The number of carbonyl (C=O) groups excluding carboxylic acids is 1. The summed E-state index contributed by atoms with van der Waals surface area (Å²) in [4.78, 5) is 24.5. The molecular weight excluding hydrogens is 380 g/mol. The second-order valence-electron chi connectivity index (χ2n) is 8.62. The number of hydrogen-bond acceptors (Lipinski definition) is 6. The zero-order valence-corrected chi connectivity index (χ0v) is 17.5. The molecule has 2 atom stereocenters. The summed E-state index contributed by atoms with van der Waals surface area (Å²) in [5.74, 6) is 1.22. The van der Waals surface area contributed by atoms with Crippen molar-refractivity contribution in [3.63, 3.8) is 0 Å². The van der Waals surface area contributed by atoms with Crippen LogP contribution in [-0.4, -0.2) is 34.9 Å². The standard InChI is InChI=1S/C23H26N4OS/c1-14-8-17(24)12-27(11-14)20-6-7-25-10-16(20)9-21(28)19-4-5-22-23(26-19)18(13-29-22)15-2-3-15/h4-7,10,13-15,17H,2-3,8-9,11-12,24H2,1H3/t14-,17+/m1/s1. The molecule has 29 heavy (non-hydrogen) atoms. The number of anilines is 1. The third-order valence-electron chi connectivity index (χ3n) is 6.01. The fourth-order valence-electron chi connectivity index (χ4n) is 4.49. The van der Waals surface area contributed by atoms with Crippen LogP contribution in [0, 0.1) is 5.92 Å². The molecular formula is C23H26N4OS. The van der Waals surface area contributed by atoms with Gasteiger partial charge in [0, 0.05) is 49.2 Å². The Morgan fingerprint density at radius 2 is 2.14 bits per heavy atom. The Kier molecular flexibility index (Phi) is 4.84. The van der Waals surface area contributed by atoms with E-state index in [-0.39, 0.29) is 11.8 Å².